The van der Waals surface area contributed by atoms with Crippen molar-refractivity contribution in [3.8, 4) is 11.5 Å². The van der Waals surface area contributed by atoms with E-state index in [1.54, 1.807) is 7.11 Å². The molecule has 2 heterocycles. The smallest absolute Gasteiger partial charge is 0.248 e. The van der Waals surface area contributed by atoms with Crippen LogP contribution in [0, 0.1) is 11.6 Å². The van der Waals surface area contributed by atoms with Gasteiger partial charge in [-0.05, 0) is 37.1 Å². The molecule has 2 aliphatic heterocycles. The van der Waals surface area contributed by atoms with E-state index in [9.17, 15) is 23.8 Å². The van der Waals surface area contributed by atoms with E-state index >= 15 is 0 Å². The summed E-state index contributed by atoms with van der Waals surface area (Å²) in [4.78, 5) is 18.2. The minimum Gasteiger partial charge on any atom is -0.497 e. The molecular formula is C28H37F2N3O6. The molecule has 0 unspecified atom stereocenters. The lowest BCUT2D eigenvalue weighted by molar-refractivity contribution is -0.138. The zero-order valence-electron chi connectivity index (χ0n) is 22.4. The third-order valence-corrected chi connectivity index (χ3v) is 7.35. The van der Waals surface area contributed by atoms with Crippen LogP contribution in [0.5, 0.6) is 11.5 Å². The summed E-state index contributed by atoms with van der Waals surface area (Å²) in [5.74, 6) is -2.06. The third kappa shape index (κ3) is 7.36. The maximum atomic E-state index is 14.2. The standard InChI is InChI=1S/C28H37F2N3O6/c1-37-16-25(34)33-14-13-31(18-28(36,19-33)20-39-24-8-4-7-23(29)26(24)30)17-27(35)9-11-32(12-10-27)21-5-3-6-22(15-21)38-2/h3-8,15,35-36H,9-14,16-20H2,1-2H3/t28-/m1/s1. The lowest BCUT2D eigenvalue weighted by atomic mass is 9.90. The summed E-state index contributed by atoms with van der Waals surface area (Å²) >= 11 is 0. The van der Waals surface area contributed by atoms with Crippen LogP contribution < -0.4 is 14.4 Å². The van der Waals surface area contributed by atoms with Crippen molar-refractivity contribution in [2.75, 3.05) is 78.1 Å². The molecule has 39 heavy (non-hydrogen) atoms. The van der Waals surface area contributed by atoms with Crippen molar-refractivity contribution in [1.82, 2.24) is 9.80 Å². The topological polar surface area (TPSA) is 94.9 Å². The van der Waals surface area contributed by atoms with E-state index in [0.717, 1.165) is 17.5 Å². The third-order valence-electron chi connectivity index (χ3n) is 7.35. The number of hydrogen-bond donors (Lipinski definition) is 2. The Hall–Kier alpha value is -2.99. The van der Waals surface area contributed by atoms with E-state index in [-0.39, 0.29) is 44.5 Å². The first kappa shape index (κ1) is 29.0. The van der Waals surface area contributed by atoms with Crippen molar-refractivity contribution in [2.45, 2.75) is 24.0 Å². The largest absolute Gasteiger partial charge is 0.497 e. The average Bonchev–Trinajstić information content (AvgIpc) is 3.08. The van der Waals surface area contributed by atoms with Crippen molar-refractivity contribution in [3.05, 3.63) is 54.1 Å². The number of hydrogen-bond acceptors (Lipinski definition) is 8. The number of aliphatic hydroxyl groups is 2. The molecule has 0 aromatic heterocycles. The highest BCUT2D eigenvalue weighted by Crippen LogP contribution is 2.30. The van der Waals surface area contributed by atoms with Gasteiger partial charge in [-0.2, -0.15) is 4.39 Å². The van der Waals surface area contributed by atoms with E-state index in [4.69, 9.17) is 14.2 Å². The molecule has 0 radical (unpaired) electrons. The number of benzene rings is 2. The van der Waals surface area contributed by atoms with Crippen LogP contribution in [-0.4, -0.2) is 110 Å². The van der Waals surface area contributed by atoms with Gasteiger partial charge in [-0.25, -0.2) is 4.39 Å². The maximum absolute atomic E-state index is 14.2. The van der Waals surface area contributed by atoms with E-state index < -0.39 is 22.8 Å². The van der Waals surface area contributed by atoms with Crippen LogP contribution in [0.3, 0.4) is 0 Å². The minimum atomic E-state index is -1.60. The molecule has 2 aromatic carbocycles. The summed E-state index contributed by atoms with van der Waals surface area (Å²) in [6.07, 6.45) is 1.02. The Morgan fingerprint density at radius 1 is 0.974 bits per heavy atom. The van der Waals surface area contributed by atoms with Crippen LogP contribution in [0.2, 0.25) is 0 Å². The molecule has 4 rings (SSSR count). The van der Waals surface area contributed by atoms with Gasteiger partial charge in [0.1, 0.15) is 24.6 Å². The number of carbonyl (C=O) groups excluding carboxylic acids is 1. The molecule has 2 aromatic rings. The van der Waals surface area contributed by atoms with Gasteiger partial charge in [0.15, 0.2) is 11.6 Å². The van der Waals surface area contributed by atoms with Gasteiger partial charge in [0.2, 0.25) is 11.7 Å². The summed E-state index contributed by atoms with van der Waals surface area (Å²) < 4.78 is 43.7. The Kier molecular flexibility index (Phi) is 9.27. The number of rotatable bonds is 9. The van der Waals surface area contributed by atoms with Crippen molar-refractivity contribution in [1.29, 1.82) is 0 Å². The van der Waals surface area contributed by atoms with E-state index in [1.807, 2.05) is 29.2 Å². The number of piperidine rings is 1. The van der Waals surface area contributed by atoms with E-state index in [0.29, 0.717) is 39.0 Å². The van der Waals surface area contributed by atoms with Crippen molar-refractivity contribution in [2.24, 2.45) is 0 Å². The second kappa shape index (κ2) is 12.5. The number of carbonyl (C=O) groups is 1. The zero-order chi connectivity index (χ0) is 28.0. The minimum absolute atomic E-state index is 0.0720. The van der Waals surface area contributed by atoms with Crippen LogP contribution in [0.4, 0.5) is 14.5 Å². The van der Waals surface area contributed by atoms with E-state index in [1.165, 1.54) is 24.1 Å². The second-order valence-corrected chi connectivity index (χ2v) is 10.4. The number of ether oxygens (including phenoxy) is 3. The summed E-state index contributed by atoms with van der Waals surface area (Å²) in [5, 5.41) is 23.1. The Balaban J connectivity index is 1.44. The first-order chi connectivity index (χ1) is 18.6. The lowest BCUT2D eigenvalue weighted by Crippen LogP contribution is -2.56. The van der Waals surface area contributed by atoms with Gasteiger partial charge in [0.05, 0.1) is 19.3 Å². The number of β-amino-alcohol motifs (C(OH)–C–C–N with tert-alkyl or cyclic N) is 2. The fourth-order valence-corrected chi connectivity index (χ4v) is 5.27. The highest BCUT2D eigenvalue weighted by molar-refractivity contribution is 5.77. The van der Waals surface area contributed by atoms with Crippen LogP contribution >= 0.6 is 0 Å². The van der Waals surface area contributed by atoms with Gasteiger partial charge in [0, 0.05) is 58.1 Å². The Morgan fingerprint density at radius 2 is 1.72 bits per heavy atom. The van der Waals surface area contributed by atoms with Crippen LogP contribution in [-0.2, 0) is 9.53 Å². The molecule has 1 atom stereocenters. The predicted octanol–water partition coefficient (Wildman–Crippen LogP) is 1.91. The van der Waals surface area contributed by atoms with Crippen molar-refractivity contribution in [3.63, 3.8) is 0 Å². The molecule has 0 saturated carbocycles. The number of amides is 1. The maximum Gasteiger partial charge on any atom is 0.248 e. The highest BCUT2D eigenvalue weighted by atomic mass is 19.2. The molecule has 2 fully saturated rings. The highest BCUT2D eigenvalue weighted by Gasteiger charge is 2.41. The quantitative estimate of drug-likeness (QED) is 0.490. The SMILES string of the molecule is COCC(=O)N1CCN(CC2(O)CCN(c3cccc(OC)c3)CC2)C[C@](O)(COc2cccc(F)c2F)C1. The first-order valence-electron chi connectivity index (χ1n) is 13.0. The molecule has 0 bridgehead atoms. The number of halogens is 2. The van der Waals surface area contributed by atoms with Crippen molar-refractivity contribution >= 4 is 11.6 Å². The summed E-state index contributed by atoms with van der Waals surface area (Å²) in [7, 11) is 3.04. The zero-order valence-corrected chi connectivity index (χ0v) is 22.4. The van der Waals surface area contributed by atoms with Crippen molar-refractivity contribution < 1.29 is 38.0 Å². The molecule has 1 amide bonds. The van der Waals surface area contributed by atoms with Gasteiger partial charge >= 0.3 is 0 Å². The fraction of sp³-hybridized carbons (Fsp3) is 0.536. The van der Waals surface area contributed by atoms with Gasteiger partial charge in [0.25, 0.3) is 0 Å². The summed E-state index contributed by atoms with van der Waals surface area (Å²) in [6, 6.07) is 11.4. The van der Waals surface area contributed by atoms with Gasteiger partial charge < -0.3 is 34.2 Å². The van der Waals surface area contributed by atoms with Crippen LogP contribution in [0.1, 0.15) is 12.8 Å². The van der Waals surface area contributed by atoms with Gasteiger partial charge in [-0.15, -0.1) is 0 Å². The Morgan fingerprint density at radius 3 is 2.44 bits per heavy atom. The average molecular weight is 550 g/mol. The second-order valence-electron chi connectivity index (χ2n) is 10.4. The Bertz CT molecular complexity index is 1130. The van der Waals surface area contributed by atoms with Crippen LogP contribution in [0.25, 0.3) is 0 Å². The van der Waals surface area contributed by atoms with Gasteiger partial charge in [-0.3, -0.25) is 9.69 Å². The molecule has 2 aliphatic rings. The van der Waals surface area contributed by atoms with E-state index in [2.05, 4.69) is 4.90 Å². The molecule has 0 spiro atoms. The molecule has 2 N–H and O–H groups in total. The molecule has 2 saturated heterocycles. The molecule has 9 nitrogen and oxygen atoms in total. The molecule has 214 valence electrons. The normalized spacial score (nSPS) is 21.9. The number of anilines is 1. The van der Waals surface area contributed by atoms with Crippen LogP contribution in [0.15, 0.2) is 42.5 Å². The number of nitrogens with zero attached hydrogens (tertiary/aromatic N) is 3. The molecule has 11 heteroatoms. The first-order valence-corrected chi connectivity index (χ1v) is 13.0. The fourth-order valence-electron chi connectivity index (χ4n) is 5.27. The summed E-state index contributed by atoms with van der Waals surface area (Å²) in [5.41, 5.74) is -1.58. The molecular weight excluding hydrogens is 512 g/mol. The monoisotopic (exact) mass is 549 g/mol. The molecule has 0 aliphatic carbocycles. The summed E-state index contributed by atoms with van der Waals surface area (Å²) in [6.45, 7) is 1.75. The predicted molar refractivity (Wildman–Crippen MR) is 141 cm³/mol. The van der Waals surface area contributed by atoms with Gasteiger partial charge in [-0.1, -0.05) is 12.1 Å². The Labute approximate surface area is 227 Å². The lowest BCUT2D eigenvalue weighted by Gasteiger charge is -2.42. The number of methoxy groups -OCH3 is 2.